The summed E-state index contributed by atoms with van der Waals surface area (Å²) < 4.78 is 12.9. The average Bonchev–Trinajstić information content (AvgIpc) is 3.17. The van der Waals surface area contributed by atoms with Gasteiger partial charge in [0.1, 0.15) is 6.61 Å². The maximum absolute atomic E-state index is 12.4. The molecule has 3 rings (SSSR count). The summed E-state index contributed by atoms with van der Waals surface area (Å²) in [6, 6.07) is 22.4. The largest absolute Gasteiger partial charge is 0.460 e. The average molecular weight is 407 g/mol. The van der Waals surface area contributed by atoms with Crippen LogP contribution in [0.25, 0.3) is 0 Å². The Labute approximate surface area is 178 Å². The number of methoxy groups -OCH3 is 1. The minimum atomic E-state index is -0.230. The van der Waals surface area contributed by atoms with Gasteiger partial charge >= 0.3 is 5.97 Å². The molecule has 5 heteroatoms. The standard InChI is InChI=1S/C25H30N2O3/c1-21-8-6-11-23(16-21)17-27-13-7-12-24(27)18-26(14-15-29-2)19-25(28)30-20-22-9-4-3-5-10-22/h3-13,16H,14-15,17-20H2,1-2H3. The van der Waals surface area contributed by atoms with Crippen molar-refractivity contribution in [3.05, 3.63) is 95.3 Å². The molecule has 3 aromatic rings. The van der Waals surface area contributed by atoms with E-state index in [9.17, 15) is 4.79 Å². The molecule has 0 unspecified atom stereocenters. The Hall–Kier alpha value is -2.89. The molecule has 30 heavy (non-hydrogen) atoms. The summed E-state index contributed by atoms with van der Waals surface area (Å²) in [5, 5.41) is 0. The zero-order chi connectivity index (χ0) is 21.2. The van der Waals surface area contributed by atoms with E-state index >= 15 is 0 Å². The Morgan fingerprint density at radius 1 is 1.00 bits per heavy atom. The Morgan fingerprint density at radius 2 is 1.80 bits per heavy atom. The van der Waals surface area contributed by atoms with E-state index in [0.29, 0.717) is 26.3 Å². The second-order valence-electron chi connectivity index (χ2n) is 7.47. The minimum Gasteiger partial charge on any atom is -0.460 e. The summed E-state index contributed by atoms with van der Waals surface area (Å²) in [7, 11) is 1.67. The highest BCUT2D eigenvalue weighted by Gasteiger charge is 2.15. The molecule has 0 aliphatic carbocycles. The lowest BCUT2D eigenvalue weighted by Gasteiger charge is -2.22. The number of aromatic nitrogens is 1. The maximum atomic E-state index is 12.4. The van der Waals surface area contributed by atoms with Crippen molar-refractivity contribution in [2.75, 3.05) is 26.8 Å². The van der Waals surface area contributed by atoms with E-state index < -0.39 is 0 Å². The highest BCUT2D eigenvalue weighted by Crippen LogP contribution is 2.12. The number of nitrogens with zero attached hydrogens (tertiary/aromatic N) is 2. The van der Waals surface area contributed by atoms with Gasteiger partial charge in [0, 0.05) is 38.6 Å². The second kappa shape index (κ2) is 11.3. The summed E-state index contributed by atoms with van der Waals surface area (Å²) in [4.78, 5) is 14.5. The van der Waals surface area contributed by atoms with Crippen LogP contribution < -0.4 is 0 Å². The normalized spacial score (nSPS) is 11.0. The van der Waals surface area contributed by atoms with Crippen LogP contribution in [0.3, 0.4) is 0 Å². The number of hydrogen-bond acceptors (Lipinski definition) is 4. The molecule has 2 aromatic carbocycles. The van der Waals surface area contributed by atoms with Crippen LogP contribution in [0.4, 0.5) is 0 Å². The second-order valence-corrected chi connectivity index (χ2v) is 7.47. The quantitative estimate of drug-likeness (QED) is 0.451. The summed E-state index contributed by atoms with van der Waals surface area (Å²) in [6.07, 6.45) is 2.08. The van der Waals surface area contributed by atoms with Gasteiger partial charge in [0.2, 0.25) is 0 Å². The molecule has 0 N–H and O–H groups in total. The Morgan fingerprint density at radius 3 is 2.57 bits per heavy atom. The molecule has 0 atom stereocenters. The summed E-state index contributed by atoms with van der Waals surface area (Å²) in [5.74, 6) is -0.230. The Bertz CT molecular complexity index is 921. The van der Waals surface area contributed by atoms with Gasteiger partial charge < -0.3 is 14.0 Å². The summed E-state index contributed by atoms with van der Waals surface area (Å²) in [5.41, 5.74) is 4.66. The van der Waals surface area contributed by atoms with Crippen LogP contribution in [0.5, 0.6) is 0 Å². The van der Waals surface area contributed by atoms with Crippen molar-refractivity contribution in [2.45, 2.75) is 26.6 Å². The van der Waals surface area contributed by atoms with Crippen molar-refractivity contribution < 1.29 is 14.3 Å². The molecule has 0 fully saturated rings. The monoisotopic (exact) mass is 406 g/mol. The fourth-order valence-corrected chi connectivity index (χ4v) is 3.38. The van der Waals surface area contributed by atoms with E-state index in [4.69, 9.17) is 9.47 Å². The molecule has 0 spiro atoms. The van der Waals surface area contributed by atoms with Crippen LogP contribution in [0.15, 0.2) is 72.9 Å². The van der Waals surface area contributed by atoms with Crippen molar-refractivity contribution in [3.8, 4) is 0 Å². The van der Waals surface area contributed by atoms with Crippen LogP contribution in [-0.4, -0.2) is 42.2 Å². The van der Waals surface area contributed by atoms with Crippen molar-refractivity contribution in [2.24, 2.45) is 0 Å². The molecule has 0 saturated heterocycles. The predicted octanol–water partition coefficient (Wildman–Crippen LogP) is 4.04. The van der Waals surface area contributed by atoms with Gasteiger partial charge in [0.05, 0.1) is 13.2 Å². The fraction of sp³-hybridized carbons (Fsp3) is 0.320. The van der Waals surface area contributed by atoms with Gasteiger partial charge in [-0.1, -0.05) is 60.2 Å². The number of rotatable bonds is 11. The smallest absolute Gasteiger partial charge is 0.320 e. The lowest BCUT2D eigenvalue weighted by Crippen LogP contribution is -2.34. The predicted molar refractivity (Wildman–Crippen MR) is 118 cm³/mol. The molecule has 0 amide bonds. The molecule has 0 bridgehead atoms. The molecule has 5 nitrogen and oxygen atoms in total. The summed E-state index contributed by atoms with van der Waals surface area (Å²) >= 11 is 0. The molecule has 0 radical (unpaired) electrons. The molecular formula is C25H30N2O3. The van der Waals surface area contributed by atoms with Crippen molar-refractivity contribution in [1.82, 2.24) is 9.47 Å². The molecule has 0 saturated carbocycles. The highest BCUT2D eigenvalue weighted by molar-refractivity contribution is 5.71. The van der Waals surface area contributed by atoms with E-state index in [1.807, 2.05) is 36.4 Å². The number of aryl methyl sites for hydroxylation is 1. The lowest BCUT2D eigenvalue weighted by atomic mass is 10.1. The van der Waals surface area contributed by atoms with Gasteiger partial charge in [0.25, 0.3) is 0 Å². The first kappa shape index (κ1) is 21.8. The number of carbonyl (C=O) groups is 1. The van der Waals surface area contributed by atoms with Crippen molar-refractivity contribution in [3.63, 3.8) is 0 Å². The third-order valence-electron chi connectivity index (χ3n) is 4.95. The van der Waals surface area contributed by atoms with Gasteiger partial charge in [-0.2, -0.15) is 0 Å². The molecular weight excluding hydrogens is 376 g/mol. The first-order valence-corrected chi connectivity index (χ1v) is 10.2. The van der Waals surface area contributed by atoms with Gasteiger partial charge in [-0.25, -0.2) is 0 Å². The van der Waals surface area contributed by atoms with Crippen molar-refractivity contribution in [1.29, 1.82) is 0 Å². The van der Waals surface area contributed by atoms with Crippen LogP contribution in [0.2, 0.25) is 0 Å². The number of esters is 1. The van der Waals surface area contributed by atoms with Crippen molar-refractivity contribution >= 4 is 5.97 Å². The number of benzene rings is 2. The van der Waals surface area contributed by atoms with Gasteiger partial charge in [-0.05, 0) is 30.2 Å². The summed E-state index contributed by atoms with van der Waals surface area (Å²) in [6.45, 7) is 5.31. The first-order valence-electron chi connectivity index (χ1n) is 10.2. The Balaban J connectivity index is 1.60. The first-order chi connectivity index (χ1) is 14.6. The highest BCUT2D eigenvalue weighted by atomic mass is 16.5. The van der Waals surface area contributed by atoms with E-state index in [0.717, 1.165) is 17.8 Å². The van der Waals surface area contributed by atoms with Gasteiger partial charge in [0.15, 0.2) is 0 Å². The zero-order valence-corrected chi connectivity index (χ0v) is 17.8. The molecule has 0 aliphatic rings. The van der Waals surface area contributed by atoms with Crippen LogP contribution in [0.1, 0.15) is 22.4 Å². The topological polar surface area (TPSA) is 43.7 Å². The zero-order valence-electron chi connectivity index (χ0n) is 17.8. The van der Waals surface area contributed by atoms with Crippen LogP contribution in [-0.2, 0) is 34.0 Å². The van der Waals surface area contributed by atoms with Crippen LogP contribution >= 0.6 is 0 Å². The lowest BCUT2D eigenvalue weighted by molar-refractivity contribution is -0.146. The fourth-order valence-electron chi connectivity index (χ4n) is 3.38. The van der Waals surface area contributed by atoms with Gasteiger partial charge in [-0.3, -0.25) is 9.69 Å². The molecule has 1 heterocycles. The minimum absolute atomic E-state index is 0.228. The number of carbonyl (C=O) groups excluding carboxylic acids is 1. The maximum Gasteiger partial charge on any atom is 0.320 e. The Kier molecular flexibility index (Phi) is 8.24. The third kappa shape index (κ3) is 6.87. The number of hydrogen-bond donors (Lipinski definition) is 0. The molecule has 158 valence electrons. The molecule has 0 aliphatic heterocycles. The van der Waals surface area contributed by atoms with E-state index in [-0.39, 0.29) is 12.5 Å². The third-order valence-corrected chi connectivity index (χ3v) is 4.95. The molecule has 1 aromatic heterocycles. The van der Waals surface area contributed by atoms with E-state index in [2.05, 4.69) is 52.9 Å². The number of ether oxygens (including phenoxy) is 2. The van der Waals surface area contributed by atoms with E-state index in [1.54, 1.807) is 7.11 Å². The SMILES string of the molecule is COCCN(CC(=O)OCc1ccccc1)Cc1cccn1Cc1cccc(C)c1. The van der Waals surface area contributed by atoms with Crippen LogP contribution in [0, 0.1) is 6.92 Å². The van der Waals surface area contributed by atoms with E-state index in [1.165, 1.54) is 11.1 Å². The van der Waals surface area contributed by atoms with Gasteiger partial charge in [-0.15, -0.1) is 0 Å².